The minimum absolute atomic E-state index is 0.157. The molecule has 3 N–H and O–H groups in total. The van der Waals surface area contributed by atoms with Crippen LogP contribution in [0.25, 0.3) is 0 Å². The number of aromatic nitrogens is 2. The van der Waals surface area contributed by atoms with E-state index in [4.69, 9.17) is 0 Å². The zero-order chi connectivity index (χ0) is 28.3. The molecule has 1 aliphatic heterocycles. The number of nitrogens with zero attached hydrogens (tertiary/aromatic N) is 1. The number of carbonyl (C=O) groups excluding carboxylic acids is 1. The fourth-order valence-electron chi connectivity index (χ4n) is 4.64. The van der Waals surface area contributed by atoms with Crippen LogP contribution in [0.3, 0.4) is 0 Å². The maximum absolute atomic E-state index is 13.8. The second kappa shape index (κ2) is 11.3. The molecule has 40 heavy (non-hydrogen) atoms. The van der Waals surface area contributed by atoms with Crippen molar-refractivity contribution < 1.29 is 26.0 Å². The Bertz CT molecular complexity index is 1720. The fraction of sp³-hybridized carbons (Fsp3) is 0.214. The highest BCUT2D eigenvalue weighted by molar-refractivity contribution is 7.90. The highest BCUT2D eigenvalue weighted by atomic mass is 32.2. The van der Waals surface area contributed by atoms with Crippen LogP contribution in [0.4, 0.5) is 4.39 Å². The Morgan fingerprint density at radius 1 is 0.975 bits per heavy atom. The van der Waals surface area contributed by atoms with E-state index in [1.807, 2.05) is 35.1 Å². The molecule has 4 aromatic rings. The number of hydrogen-bond donors (Lipinski definition) is 3. The third-order valence-corrected chi connectivity index (χ3v) is 9.87. The summed E-state index contributed by atoms with van der Waals surface area (Å²) in [6.07, 6.45) is 3.12. The number of amides is 1. The SMILES string of the molecule is O=C1CC(c2ccc(CC(NS(=O)(=O)c3cccc(F)c3)c3ncc(CCc4ccccc4)[nH]3)cc2)S(=O)(=O)N1. The number of sulfonamides is 2. The van der Waals surface area contributed by atoms with Gasteiger partial charge in [0, 0.05) is 11.9 Å². The van der Waals surface area contributed by atoms with Gasteiger partial charge in [0.05, 0.1) is 17.4 Å². The minimum Gasteiger partial charge on any atom is -0.345 e. The highest BCUT2D eigenvalue weighted by Gasteiger charge is 2.37. The molecular weight excluding hydrogens is 555 g/mol. The first kappa shape index (κ1) is 27.7. The molecule has 2 unspecified atom stereocenters. The average molecular weight is 583 g/mol. The molecule has 1 aliphatic rings. The van der Waals surface area contributed by atoms with Gasteiger partial charge in [0.15, 0.2) is 0 Å². The van der Waals surface area contributed by atoms with Crippen LogP contribution in [0.1, 0.15) is 45.9 Å². The lowest BCUT2D eigenvalue weighted by Gasteiger charge is -2.18. The minimum atomic E-state index is -4.11. The van der Waals surface area contributed by atoms with Gasteiger partial charge in [-0.2, -0.15) is 0 Å². The lowest BCUT2D eigenvalue weighted by molar-refractivity contribution is -0.118. The van der Waals surface area contributed by atoms with E-state index >= 15 is 0 Å². The molecule has 1 amide bonds. The lowest BCUT2D eigenvalue weighted by atomic mass is 10.0. The summed E-state index contributed by atoms with van der Waals surface area (Å²) in [5, 5.41) is -0.978. The third kappa shape index (κ3) is 6.46. The van der Waals surface area contributed by atoms with Crippen molar-refractivity contribution in [1.82, 2.24) is 19.4 Å². The predicted molar refractivity (Wildman–Crippen MR) is 146 cm³/mol. The average Bonchev–Trinajstić information content (AvgIpc) is 3.51. The quantitative estimate of drug-likeness (QED) is 0.262. The summed E-state index contributed by atoms with van der Waals surface area (Å²) < 4.78 is 69.3. The summed E-state index contributed by atoms with van der Waals surface area (Å²) in [5.74, 6) is -0.840. The molecule has 0 spiro atoms. The van der Waals surface area contributed by atoms with E-state index in [1.165, 1.54) is 12.1 Å². The van der Waals surface area contributed by atoms with Gasteiger partial charge >= 0.3 is 0 Å². The van der Waals surface area contributed by atoms with Gasteiger partial charge in [0.2, 0.25) is 26.0 Å². The molecule has 2 heterocycles. The molecule has 1 fully saturated rings. The number of halogens is 1. The normalized spacial score (nSPS) is 17.4. The van der Waals surface area contributed by atoms with Crippen LogP contribution in [-0.2, 0) is 44.1 Å². The number of aromatic amines is 1. The first-order chi connectivity index (χ1) is 19.1. The van der Waals surface area contributed by atoms with Gasteiger partial charge in [-0.3, -0.25) is 9.52 Å². The zero-order valence-electron chi connectivity index (χ0n) is 21.2. The number of benzene rings is 3. The number of rotatable bonds is 10. The van der Waals surface area contributed by atoms with Crippen LogP contribution in [0.15, 0.2) is 90.0 Å². The molecule has 208 valence electrons. The molecule has 9 nitrogen and oxygen atoms in total. The van der Waals surface area contributed by atoms with E-state index in [-0.39, 0.29) is 17.7 Å². The maximum Gasteiger partial charge on any atom is 0.242 e. The van der Waals surface area contributed by atoms with Gasteiger partial charge in [0.1, 0.15) is 16.9 Å². The van der Waals surface area contributed by atoms with Crippen LogP contribution in [0.2, 0.25) is 0 Å². The van der Waals surface area contributed by atoms with Crippen molar-refractivity contribution >= 4 is 26.0 Å². The van der Waals surface area contributed by atoms with Crippen molar-refractivity contribution in [2.75, 3.05) is 0 Å². The van der Waals surface area contributed by atoms with E-state index in [9.17, 15) is 26.0 Å². The Kier molecular flexibility index (Phi) is 7.83. The van der Waals surface area contributed by atoms with E-state index in [0.29, 0.717) is 23.4 Å². The molecule has 0 bridgehead atoms. The molecule has 2 atom stereocenters. The van der Waals surface area contributed by atoms with Gasteiger partial charge in [-0.15, -0.1) is 0 Å². The van der Waals surface area contributed by atoms with E-state index in [1.54, 1.807) is 30.5 Å². The van der Waals surface area contributed by atoms with Gasteiger partial charge in [-0.05, 0) is 54.2 Å². The van der Waals surface area contributed by atoms with E-state index in [0.717, 1.165) is 29.8 Å². The second-order valence-electron chi connectivity index (χ2n) is 9.62. The van der Waals surface area contributed by atoms with Crippen LogP contribution < -0.4 is 9.44 Å². The van der Waals surface area contributed by atoms with Gasteiger partial charge in [-0.1, -0.05) is 60.7 Å². The molecule has 12 heteroatoms. The predicted octanol–water partition coefficient (Wildman–Crippen LogP) is 3.49. The summed E-state index contributed by atoms with van der Waals surface area (Å²) in [4.78, 5) is 19.1. The van der Waals surface area contributed by atoms with Crippen LogP contribution >= 0.6 is 0 Å². The topological polar surface area (TPSA) is 138 Å². The molecule has 0 saturated carbocycles. The van der Waals surface area contributed by atoms with Crippen LogP contribution in [0.5, 0.6) is 0 Å². The van der Waals surface area contributed by atoms with E-state index in [2.05, 4.69) is 14.7 Å². The number of aryl methyl sites for hydroxylation is 2. The summed E-state index contributed by atoms with van der Waals surface area (Å²) >= 11 is 0. The largest absolute Gasteiger partial charge is 0.345 e. The number of imidazole rings is 1. The van der Waals surface area contributed by atoms with Crippen molar-refractivity contribution in [1.29, 1.82) is 0 Å². The van der Waals surface area contributed by atoms with Crippen molar-refractivity contribution in [2.24, 2.45) is 0 Å². The number of carbonyl (C=O) groups is 1. The first-order valence-electron chi connectivity index (χ1n) is 12.6. The van der Waals surface area contributed by atoms with Crippen molar-refractivity contribution in [3.63, 3.8) is 0 Å². The molecule has 1 saturated heterocycles. The summed E-state index contributed by atoms with van der Waals surface area (Å²) in [7, 11) is -7.90. The smallest absolute Gasteiger partial charge is 0.242 e. The molecular formula is C28H27FN4O5S2. The number of H-pyrrole nitrogens is 1. The second-order valence-corrected chi connectivity index (χ2v) is 13.2. The zero-order valence-corrected chi connectivity index (χ0v) is 22.9. The van der Waals surface area contributed by atoms with Crippen molar-refractivity contribution in [2.45, 2.75) is 41.9 Å². The highest BCUT2D eigenvalue weighted by Crippen LogP contribution is 2.30. The Labute approximate surface area is 232 Å². The standard InChI is InChI=1S/C28H27FN4O5S2/c29-22-7-4-8-24(16-22)39(35,36)32-25(28-30-18-23(31-28)14-11-19-5-2-1-3-6-19)15-20-9-12-21(13-10-20)26-17-27(34)33-40(26,37)38/h1-10,12-13,16,18,25-26,32H,11,14-15,17H2,(H,30,31)(H,33,34). The van der Waals surface area contributed by atoms with Gasteiger partial charge in [-0.25, -0.2) is 30.9 Å². The summed E-state index contributed by atoms with van der Waals surface area (Å²) in [6, 6.07) is 20.4. The third-order valence-electron chi connectivity index (χ3n) is 6.70. The first-order valence-corrected chi connectivity index (χ1v) is 15.6. The van der Waals surface area contributed by atoms with E-state index < -0.39 is 43.1 Å². The van der Waals surface area contributed by atoms with Crippen LogP contribution in [0, 0.1) is 5.82 Å². The molecule has 5 rings (SSSR count). The monoisotopic (exact) mass is 582 g/mol. The maximum atomic E-state index is 13.8. The molecule has 0 aliphatic carbocycles. The Balaban J connectivity index is 1.39. The summed E-state index contributed by atoms with van der Waals surface area (Å²) in [6.45, 7) is 0. The van der Waals surface area contributed by atoms with Crippen molar-refractivity contribution in [3.05, 3.63) is 119 Å². The van der Waals surface area contributed by atoms with Gasteiger partial charge in [0.25, 0.3) is 0 Å². The Morgan fingerprint density at radius 2 is 1.73 bits per heavy atom. The Hall–Kier alpha value is -3.87. The Morgan fingerprint density at radius 3 is 2.40 bits per heavy atom. The number of nitrogens with one attached hydrogen (secondary N) is 3. The van der Waals surface area contributed by atoms with Crippen LogP contribution in [-0.4, -0.2) is 32.7 Å². The number of hydrogen-bond acceptors (Lipinski definition) is 6. The molecule has 3 aromatic carbocycles. The summed E-state index contributed by atoms with van der Waals surface area (Å²) in [5.41, 5.74) is 3.14. The molecule has 1 aromatic heterocycles. The fourth-order valence-corrected chi connectivity index (χ4v) is 7.30. The lowest BCUT2D eigenvalue weighted by Crippen LogP contribution is -2.31. The van der Waals surface area contributed by atoms with Gasteiger partial charge < -0.3 is 4.98 Å². The van der Waals surface area contributed by atoms with Crippen molar-refractivity contribution in [3.8, 4) is 0 Å². The molecule has 0 radical (unpaired) electrons.